The molecule has 23 heavy (non-hydrogen) atoms. The molecule has 1 heterocycles. The zero-order chi connectivity index (χ0) is 16.1. The average Bonchev–Trinajstić information content (AvgIpc) is 3.09. The van der Waals surface area contributed by atoms with Gasteiger partial charge in [-0.15, -0.1) is 10.2 Å². The molecule has 0 fully saturated rings. The fourth-order valence-corrected chi connectivity index (χ4v) is 1.88. The van der Waals surface area contributed by atoms with Gasteiger partial charge in [-0.2, -0.15) is 0 Å². The molecule has 3 rings (SSSR count). The van der Waals surface area contributed by atoms with Crippen molar-refractivity contribution in [1.29, 1.82) is 0 Å². The van der Waals surface area contributed by atoms with Gasteiger partial charge in [0.2, 0.25) is 12.3 Å². The van der Waals surface area contributed by atoms with Crippen LogP contribution in [-0.4, -0.2) is 16.2 Å². The van der Waals surface area contributed by atoms with E-state index in [4.69, 9.17) is 9.15 Å². The predicted molar refractivity (Wildman–Crippen MR) is 80.8 cm³/mol. The van der Waals surface area contributed by atoms with E-state index in [0.717, 1.165) is 0 Å². The molecule has 0 saturated heterocycles. The lowest BCUT2D eigenvalue weighted by molar-refractivity contribution is -0.128. The van der Waals surface area contributed by atoms with Crippen molar-refractivity contribution in [2.75, 3.05) is 0 Å². The molecular weight excluding hydrogens is 299 g/mol. The summed E-state index contributed by atoms with van der Waals surface area (Å²) in [6.07, 6.45) is 3.77. The van der Waals surface area contributed by atoms with Crippen molar-refractivity contribution in [1.82, 2.24) is 10.2 Å². The number of nitrogens with zero attached hydrogens (tertiary/aromatic N) is 2. The summed E-state index contributed by atoms with van der Waals surface area (Å²) < 4.78 is 23.6. The predicted octanol–water partition coefficient (Wildman–Crippen LogP) is 3.49. The molecule has 0 spiro atoms. The molecular formula is C17H11FN2O3. The van der Waals surface area contributed by atoms with Crippen LogP contribution in [0.25, 0.3) is 17.5 Å². The second kappa shape index (κ2) is 6.65. The van der Waals surface area contributed by atoms with Crippen LogP contribution in [0, 0.1) is 5.82 Å². The molecule has 0 aliphatic heterocycles. The van der Waals surface area contributed by atoms with E-state index in [1.807, 2.05) is 0 Å². The monoisotopic (exact) mass is 310 g/mol. The molecule has 114 valence electrons. The summed E-state index contributed by atoms with van der Waals surface area (Å²) >= 11 is 0. The molecule has 0 N–H and O–H groups in total. The van der Waals surface area contributed by atoms with E-state index in [1.165, 1.54) is 24.6 Å². The van der Waals surface area contributed by atoms with Crippen molar-refractivity contribution >= 4 is 12.0 Å². The molecule has 5 nitrogen and oxygen atoms in total. The van der Waals surface area contributed by atoms with Gasteiger partial charge in [-0.3, -0.25) is 0 Å². The normalized spacial score (nSPS) is 10.8. The number of rotatable bonds is 4. The summed E-state index contributed by atoms with van der Waals surface area (Å²) in [6, 6.07) is 12.7. The molecule has 0 radical (unpaired) electrons. The molecule has 0 amide bonds. The van der Waals surface area contributed by atoms with Crippen molar-refractivity contribution in [2.24, 2.45) is 0 Å². The lowest BCUT2D eigenvalue weighted by Crippen LogP contribution is -2.03. The first-order chi connectivity index (χ1) is 11.2. The third kappa shape index (κ3) is 3.68. The van der Waals surface area contributed by atoms with E-state index in [2.05, 4.69) is 10.2 Å². The number of benzene rings is 2. The number of carbonyl (C=O) groups excluding carboxylic acids is 1. The number of hydrogen-bond donors (Lipinski definition) is 0. The summed E-state index contributed by atoms with van der Waals surface area (Å²) in [5.74, 6) is -0.266. The third-order valence-corrected chi connectivity index (χ3v) is 2.98. The van der Waals surface area contributed by atoms with Crippen LogP contribution in [0.3, 0.4) is 0 Å². The first kappa shape index (κ1) is 14.6. The Morgan fingerprint density at radius 3 is 2.61 bits per heavy atom. The van der Waals surface area contributed by atoms with Gasteiger partial charge in [0.15, 0.2) is 0 Å². The van der Waals surface area contributed by atoms with E-state index >= 15 is 0 Å². The number of aromatic nitrogens is 2. The Kier molecular flexibility index (Phi) is 4.24. The lowest BCUT2D eigenvalue weighted by atomic mass is 10.2. The third-order valence-electron chi connectivity index (χ3n) is 2.98. The van der Waals surface area contributed by atoms with E-state index in [1.54, 1.807) is 42.5 Å². The number of carbonyl (C=O) groups is 1. The largest absolute Gasteiger partial charge is 0.423 e. The standard InChI is InChI=1S/C17H11FN2O3/c18-15-4-2-1-3-12(15)7-10-16(21)23-14-8-5-13(6-9-14)17-20-19-11-22-17/h1-11H. The van der Waals surface area contributed by atoms with Gasteiger partial charge < -0.3 is 9.15 Å². The van der Waals surface area contributed by atoms with Gasteiger partial charge in [-0.1, -0.05) is 18.2 Å². The fourth-order valence-electron chi connectivity index (χ4n) is 1.88. The van der Waals surface area contributed by atoms with Crippen LogP contribution in [-0.2, 0) is 4.79 Å². The Morgan fingerprint density at radius 2 is 1.91 bits per heavy atom. The van der Waals surface area contributed by atoms with Gasteiger partial charge in [-0.25, -0.2) is 9.18 Å². The average molecular weight is 310 g/mol. The molecule has 0 saturated carbocycles. The minimum atomic E-state index is -0.598. The van der Waals surface area contributed by atoms with Gasteiger partial charge in [-0.05, 0) is 36.4 Å². The van der Waals surface area contributed by atoms with Crippen molar-refractivity contribution in [3.8, 4) is 17.2 Å². The smallest absolute Gasteiger partial charge is 0.336 e. The Hall–Kier alpha value is -3.28. The minimum Gasteiger partial charge on any atom is -0.423 e. The Balaban J connectivity index is 1.65. The number of halogens is 1. The maximum atomic E-state index is 13.4. The fraction of sp³-hybridized carbons (Fsp3) is 0. The Bertz CT molecular complexity index is 827. The van der Waals surface area contributed by atoms with E-state index < -0.39 is 11.8 Å². The quantitative estimate of drug-likeness (QED) is 0.419. The second-order valence-corrected chi connectivity index (χ2v) is 4.54. The van der Waals surface area contributed by atoms with Crippen molar-refractivity contribution in [2.45, 2.75) is 0 Å². The second-order valence-electron chi connectivity index (χ2n) is 4.54. The minimum absolute atomic E-state index is 0.316. The Morgan fingerprint density at radius 1 is 1.13 bits per heavy atom. The maximum Gasteiger partial charge on any atom is 0.336 e. The number of esters is 1. The maximum absolute atomic E-state index is 13.4. The molecule has 6 heteroatoms. The first-order valence-corrected chi connectivity index (χ1v) is 6.73. The molecule has 2 aromatic carbocycles. The summed E-state index contributed by atoms with van der Waals surface area (Å²) in [6.45, 7) is 0. The highest BCUT2D eigenvalue weighted by molar-refractivity contribution is 5.88. The van der Waals surface area contributed by atoms with Crippen molar-refractivity contribution in [3.05, 3.63) is 72.4 Å². The van der Waals surface area contributed by atoms with Crippen LogP contribution < -0.4 is 4.74 Å². The van der Waals surface area contributed by atoms with Crippen LogP contribution in [0.5, 0.6) is 5.75 Å². The summed E-state index contributed by atoms with van der Waals surface area (Å²) in [4.78, 5) is 11.7. The van der Waals surface area contributed by atoms with Gasteiger partial charge in [0.25, 0.3) is 0 Å². The van der Waals surface area contributed by atoms with Crippen LogP contribution in [0.2, 0.25) is 0 Å². The molecule has 0 unspecified atom stereocenters. The number of ether oxygens (including phenoxy) is 1. The molecule has 0 atom stereocenters. The van der Waals surface area contributed by atoms with Gasteiger partial charge in [0.1, 0.15) is 11.6 Å². The SMILES string of the molecule is O=C(C=Cc1ccccc1F)Oc1ccc(-c2nnco2)cc1. The highest BCUT2D eigenvalue weighted by atomic mass is 19.1. The lowest BCUT2D eigenvalue weighted by Gasteiger charge is -2.02. The zero-order valence-electron chi connectivity index (χ0n) is 11.8. The first-order valence-electron chi connectivity index (χ1n) is 6.73. The number of hydrogen-bond acceptors (Lipinski definition) is 5. The van der Waals surface area contributed by atoms with Crippen molar-refractivity contribution < 1.29 is 18.3 Å². The molecule has 0 bridgehead atoms. The molecule has 1 aromatic heterocycles. The van der Waals surface area contributed by atoms with E-state index in [0.29, 0.717) is 22.8 Å². The van der Waals surface area contributed by atoms with Gasteiger partial charge in [0, 0.05) is 17.2 Å². The van der Waals surface area contributed by atoms with Crippen LogP contribution >= 0.6 is 0 Å². The summed E-state index contributed by atoms with van der Waals surface area (Å²) in [5, 5.41) is 7.37. The van der Waals surface area contributed by atoms with Crippen molar-refractivity contribution in [3.63, 3.8) is 0 Å². The Labute approximate surface area is 131 Å². The summed E-state index contributed by atoms with van der Waals surface area (Å²) in [7, 11) is 0. The highest BCUT2D eigenvalue weighted by Gasteiger charge is 2.05. The highest BCUT2D eigenvalue weighted by Crippen LogP contribution is 2.20. The molecule has 0 aliphatic rings. The summed E-state index contributed by atoms with van der Waals surface area (Å²) in [5.41, 5.74) is 1.03. The van der Waals surface area contributed by atoms with E-state index in [9.17, 15) is 9.18 Å². The molecule has 0 aliphatic carbocycles. The van der Waals surface area contributed by atoms with Crippen LogP contribution in [0.1, 0.15) is 5.56 Å². The van der Waals surface area contributed by atoms with E-state index in [-0.39, 0.29) is 0 Å². The zero-order valence-corrected chi connectivity index (χ0v) is 11.8. The topological polar surface area (TPSA) is 65.2 Å². The molecule has 3 aromatic rings. The van der Waals surface area contributed by atoms with Gasteiger partial charge in [0.05, 0.1) is 0 Å². The van der Waals surface area contributed by atoms with Gasteiger partial charge >= 0.3 is 5.97 Å². The van der Waals surface area contributed by atoms with Crippen LogP contribution in [0.15, 0.2) is 65.4 Å². The van der Waals surface area contributed by atoms with Crippen LogP contribution in [0.4, 0.5) is 4.39 Å².